The standard InChI is InChI=1S/C11H7F2NO2S/c12-7-1-6(2-8(13)4-7)3-10-14-9(5-17-10)11(15)16/h1-2,4-5H,3H2,(H,15,16). The van der Waals surface area contributed by atoms with Crippen LogP contribution in [0.25, 0.3) is 0 Å². The van der Waals surface area contributed by atoms with Gasteiger partial charge in [0.1, 0.15) is 11.6 Å². The molecule has 17 heavy (non-hydrogen) atoms. The summed E-state index contributed by atoms with van der Waals surface area (Å²) in [6.07, 6.45) is 0.215. The molecular formula is C11H7F2NO2S. The summed E-state index contributed by atoms with van der Waals surface area (Å²) in [5.41, 5.74) is 0.371. The number of aromatic carboxylic acids is 1. The SMILES string of the molecule is O=C(O)c1csc(Cc2cc(F)cc(F)c2)n1. The first kappa shape index (κ1) is 11.7. The van der Waals surface area contributed by atoms with E-state index in [4.69, 9.17) is 5.11 Å². The first-order chi connectivity index (χ1) is 8.04. The van der Waals surface area contributed by atoms with Crippen molar-refractivity contribution < 1.29 is 18.7 Å². The van der Waals surface area contributed by atoms with Gasteiger partial charge < -0.3 is 5.11 Å². The summed E-state index contributed by atoms with van der Waals surface area (Å²) in [4.78, 5) is 14.4. The molecule has 1 aromatic heterocycles. The molecule has 0 atom stereocenters. The minimum Gasteiger partial charge on any atom is -0.476 e. The molecule has 2 rings (SSSR count). The van der Waals surface area contributed by atoms with Crippen molar-refractivity contribution in [1.82, 2.24) is 4.98 Å². The Hall–Kier alpha value is -1.82. The molecule has 0 bridgehead atoms. The Morgan fingerprint density at radius 1 is 1.29 bits per heavy atom. The zero-order valence-electron chi connectivity index (χ0n) is 8.48. The first-order valence-corrected chi connectivity index (χ1v) is 5.55. The minimum absolute atomic E-state index is 0.0538. The van der Waals surface area contributed by atoms with E-state index in [1.165, 1.54) is 17.5 Å². The summed E-state index contributed by atoms with van der Waals surface area (Å²) in [6, 6.07) is 3.18. The van der Waals surface area contributed by atoms with Crippen LogP contribution in [0.2, 0.25) is 0 Å². The van der Waals surface area contributed by atoms with E-state index in [1.54, 1.807) is 0 Å². The molecule has 0 radical (unpaired) electrons. The Morgan fingerprint density at radius 2 is 1.94 bits per heavy atom. The van der Waals surface area contributed by atoms with Gasteiger partial charge in [-0.05, 0) is 17.7 Å². The summed E-state index contributed by atoms with van der Waals surface area (Å²) in [5.74, 6) is -2.43. The van der Waals surface area contributed by atoms with Gasteiger partial charge in [-0.1, -0.05) is 0 Å². The van der Waals surface area contributed by atoms with E-state index in [-0.39, 0.29) is 12.1 Å². The molecule has 0 spiro atoms. The Labute approximate surface area is 99.4 Å². The Kier molecular flexibility index (Phi) is 3.14. The van der Waals surface area contributed by atoms with Gasteiger partial charge in [0.05, 0.1) is 5.01 Å². The Morgan fingerprint density at radius 3 is 2.47 bits per heavy atom. The molecule has 0 fully saturated rings. The molecule has 0 aliphatic carbocycles. The van der Waals surface area contributed by atoms with Crippen LogP contribution < -0.4 is 0 Å². The van der Waals surface area contributed by atoms with Crippen molar-refractivity contribution in [2.24, 2.45) is 0 Å². The quantitative estimate of drug-likeness (QED) is 0.917. The van der Waals surface area contributed by atoms with Gasteiger partial charge in [0, 0.05) is 17.9 Å². The predicted molar refractivity (Wildman–Crippen MR) is 58.2 cm³/mol. The average molecular weight is 255 g/mol. The lowest BCUT2D eigenvalue weighted by Crippen LogP contribution is -1.97. The molecule has 1 N–H and O–H groups in total. The number of rotatable bonds is 3. The van der Waals surface area contributed by atoms with Crippen LogP contribution >= 0.6 is 11.3 Å². The lowest BCUT2D eigenvalue weighted by molar-refractivity contribution is 0.0691. The van der Waals surface area contributed by atoms with E-state index in [2.05, 4.69) is 4.98 Å². The highest BCUT2D eigenvalue weighted by Crippen LogP contribution is 2.16. The summed E-state index contributed by atoms with van der Waals surface area (Å²) >= 11 is 1.15. The average Bonchev–Trinajstić information content (AvgIpc) is 2.64. The second-order valence-corrected chi connectivity index (χ2v) is 4.33. The third-order valence-corrected chi connectivity index (χ3v) is 2.90. The van der Waals surface area contributed by atoms with Crippen molar-refractivity contribution >= 4 is 17.3 Å². The summed E-state index contributed by atoms with van der Waals surface area (Å²) in [6.45, 7) is 0. The lowest BCUT2D eigenvalue weighted by Gasteiger charge is -1.98. The van der Waals surface area contributed by atoms with E-state index < -0.39 is 17.6 Å². The molecule has 2 aromatic rings. The fourth-order valence-corrected chi connectivity index (χ4v) is 2.18. The Bertz CT molecular complexity index is 548. The monoisotopic (exact) mass is 255 g/mol. The highest BCUT2D eigenvalue weighted by Gasteiger charge is 2.10. The maximum Gasteiger partial charge on any atom is 0.355 e. The van der Waals surface area contributed by atoms with Gasteiger partial charge in [-0.15, -0.1) is 11.3 Å². The van der Waals surface area contributed by atoms with Crippen LogP contribution in [0.1, 0.15) is 21.1 Å². The number of carboxylic acid groups (broad SMARTS) is 1. The number of carboxylic acids is 1. The molecule has 0 saturated carbocycles. The summed E-state index contributed by atoms with van der Waals surface area (Å²) in [5, 5.41) is 10.6. The van der Waals surface area contributed by atoms with Crippen LogP contribution in [-0.2, 0) is 6.42 Å². The molecule has 0 amide bonds. The van der Waals surface area contributed by atoms with Gasteiger partial charge in [-0.2, -0.15) is 0 Å². The van der Waals surface area contributed by atoms with Crippen molar-refractivity contribution in [1.29, 1.82) is 0 Å². The van der Waals surface area contributed by atoms with Crippen LogP contribution in [0.4, 0.5) is 8.78 Å². The number of nitrogens with zero attached hydrogens (tertiary/aromatic N) is 1. The first-order valence-electron chi connectivity index (χ1n) is 4.67. The van der Waals surface area contributed by atoms with Crippen molar-refractivity contribution in [3.8, 4) is 0 Å². The number of carbonyl (C=O) groups is 1. The topological polar surface area (TPSA) is 50.2 Å². The van der Waals surface area contributed by atoms with Crippen LogP contribution in [0.15, 0.2) is 23.6 Å². The van der Waals surface area contributed by atoms with Gasteiger partial charge in [-0.25, -0.2) is 18.6 Å². The molecule has 3 nitrogen and oxygen atoms in total. The second-order valence-electron chi connectivity index (χ2n) is 3.39. The minimum atomic E-state index is -1.11. The molecule has 0 saturated heterocycles. The van der Waals surface area contributed by atoms with Crippen LogP contribution in [-0.4, -0.2) is 16.1 Å². The largest absolute Gasteiger partial charge is 0.476 e. The molecule has 88 valence electrons. The zero-order chi connectivity index (χ0) is 12.4. The fourth-order valence-electron chi connectivity index (χ4n) is 1.38. The van der Waals surface area contributed by atoms with Crippen LogP contribution in [0.3, 0.4) is 0 Å². The highest BCUT2D eigenvalue weighted by atomic mass is 32.1. The molecule has 0 aliphatic heterocycles. The van der Waals surface area contributed by atoms with Crippen LogP contribution in [0, 0.1) is 11.6 Å². The molecule has 6 heteroatoms. The smallest absolute Gasteiger partial charge is 0.355 e. The summed E-state index contributed by atoms with van der Waals surface area (Å²) in [7, 11) is 0. The molecular weight excluding hydrogens is 248 g/mol. The van der Waals surface area contributed by atoms with Crippen LogP contribution in [0.5, 0.6) is 0 Å². The number of hydrogen-bond donors (Lipinski definition) is 1. The van der Waals surface area contributed by atoms with Gasteiger partial charge in [0.25, 0.3) is 0 Å². The van der Waals surface area contributed by atoms with Gasteiger partial charge in [0.15, 0.2) is 5.69 Å². The maximum atomic E-state index is 12.9. The highest BCUT2D eigenvalue weighted by molar-refractivity contribution is 7.09. The van der Waals surface area contributed by atoms with E-state index in [0.29, 0.717) is 10.6 Å². The number of aromatic nitrogens is 1. The fraction of sp³-hybridized carbons (Fsp3) is 0.0909. The number of halogens is 2. The second kappa shape index (κ2) is 4.58. The van der Waals surface area contributed by atoms with Crippen molar-refractivity contribution in [2.75, 3.05) is 0 Å². The third kappa shape index (κ3) is 2.85. The van der Waals surface area contributed by atoms with E-state index in [0.717, 1.165) is 17.4 Å². The van der Waals surface area contributed by atoms with E-state index in [9.17, 15) is 13.6 Å². The lowest BCUT2D eigenvalue weighted by atomic mass is 10.1. The summed E-state index contributed by atoms with van der Waals surface area (Å²) < 4.78 is 25.8. The van der Waals surface area contributed by atoms with Crippen molar-refractivity contribution in [3.63, 3.8) is 0 Å². The van der Waals surface area contributed by atoms with Gasteiger partial charge >= 0.3 is 5.97 Å². The molecule has 1 heterocycles. The molecule has 0 unspecified atom stereocenters. The number of thiazole rings is 1. The van der Waals surface area contributed by atoms with Crippen molar-refractivity contribution in [3.05, 3.63) is 51.5 Å². The Balaban J connectivity index is 2.22. The maximum absolute atomic E-state index is 12.9. The van der Waals surface area contributed by atoms with Gasteiger partial charge in [0.2, 0.25) is 0 Å². The number of benzene rings is 1. The zero-order valence-corrected chi connectivity index (χ0v) is 9.30. The number of hydrogen-bond acceptors (Lipinski definition) is 3. The van der Waals surface area contributed by atoms with E-state index in [1.807, 2.05) is 0 Å². The predicted octanol–water partition coefficient (Wildman–Crippen LogP) is 2.71. The molecule has 1 aromatic carbocycles. The normalized spacial score (nSPS) is 10.5. The van der Waals surface area contributed by atoms with Gasteiger partial charge in [-0.3, -0.25) is 0 Å². The molecule has 0 aliphatic rings. The third-order valence-electron chi connectivity index (χ3n) is 2.05. The van der Waals surface area contributed by atoms with E-state index >= 15 is 0 Å². The van der Waals surface area contributed by atoms with Crippen molar-refractivity contribution in [2.45, 2.75) is 6.42 Å².